The second-order valence-corrected chi connectivity index (χ2v) is 6.69. The fourth-order valence-electron chi connectivity index (χ4n) is 2.94. The maximum Gasteiger partial charge on any atom is 0.0226 e. The van der Waals surface area contributed by atoms with Gasteiger partial charge in [0.1, 0.15) is 0 Å². The first kappa shape index (κ1) is 14.4. The van der Waals surface area contributed by atoms with Crippen LogP contribution in [0.15, 0.2) is 0 Å². The normalized spacial score (nSPS) is 35.2. The van der Waals surface area contributed by atoms with E-state index in [1.54, 1.807) is 0 Å². The Morgan fingerprint density at radius 1 is 1.19 bits per heavy atom. The van der Waals surface area contributed by atoms with Crippen LogP contribution >= 0.6 is 11.8 Å². The molecule has 0 aromatic heterocycles. The summed E-state index contributed by atoms with van der Waals surface area (Å²) in [6, 6.07) is 0.755. The summed E-state index contributed by atoms with van der Waals surface area (Å²) in [6.07, 6.45) is 5.51. The lowest BCUT2D eigenvalue weighted by Crippen LogP contribution is -2.46. The highest BCUT2D eigenvalue weighted by molar-refractivity contribution is 7.99. The molecule has 0 aromatic carbocycles. The standard InChI is InChI=1S/C14H29NS/c1-5-7-8-16-14-12(4)9-11(3)10-13(14)15-6-2/h11-15H,5-10H2,1-4H3. The van der Waals surface area contributed by atoms with E-state index < -0.39 is 0 Å². The fraction of sp³-hybridized carbons (Fsp3) is 1.00. The number of rotatable bonds is 6. The Morgan fingerprint density at radius 3 is 2.56 bits per heavy atom. The first-order valence-corrected chi connectivity index (χ1v) is 8.08. The maximum absolute atomic E-state index is 3.70. The van der Waals surface area contributed by atoms with Gasteiger partial charge in [-0.15, -0.1) is 0 Å². The number of thioether (sulfide) groups is 1. The molecule has 96 valence electrons. The summed E-state index contributed by atoms with van der Waals surface area (Å²) in [5.41, 5.74) is 0. The van der Waals surface area contributed by atoms with E-state index in [0.717, 1.165) is 29.7 Å². The van der Waals surface area contributed by atoms with E-state index in [0.29, 0.717) is 0 Å². The van der Waals surface area contributed by atoms with Gasteiger partial charge in [-0.05, 0) is 43.4 Å². The Hall–Kier alpha value is 0.310. The zero-order valence-electron chi connectivity index (χ0n) is 11.5. The third kappa shape index (κ3) is 4.29. The van der Waals surface area contributed by atoms with Crippen LogP contribution in [0, 0.1) is 11.8 Å². The van der Waals surface area contributed by atoms with E-state index in [1.807, 2.05) is 0 Å². The largest absolute Gasteiger partial charge is 0.313 e. The lowest BCUT2D eigenvalue weighted by molar-refractivity contribution is 0.251. The van der Waals surface area contributed by atoms with Crippen LogP contribution in [0.2, 0.25) is 0 Å². The van der Waals surface area contributed by atoms with Crippen LogP contribution in [0.1, 0.15) is 53.4 Å². The second kappa shape index (κ2) is 7.60. The van der Waals surface area contributed by atoms with Gasteiger partial charge in [0.25, 0.3) is 0 Å². The van der Waals surface area contributed by atoms with Gasteiger partial charge in [-0.3, -0.25) is 0 Å². The molecule has 16 heavy (non-hydrogen) atoms. The van der Waals surface area contributed by atoms with Gasteiger partial charge in [-0.25, -0.2) is 0 Å². The van der Waals surface area contributed by atoms with Gasteiger partial charge in [-0.1, -0.05) is 34.1 Å². The number of hydrogen-bond donors (Lipinski definition) is 1. The monoisotopic (exact) mass is 243 g/mol. The highest BCUT2D eigenvalue weighted by atomic mass is 32.2. The van der Waals surface area contributed by atoms with E-state index in [4.69, 9.17) is 0 Å². The van der Waals surface area contributed by atoms with Crippen molar-refractivity contribution in [1.82, 2.24) is 5.32 Å². The first-order chi connectivity index (χ1) is 7.69. The van der Waals surface area contributed by atoms with Gasteiger partial charge in [0, 0.05) is 11.3 Å². The van der Waals surface area contributed by atoms with Crippen LogP contribution in [0.4, 0.5) is 0 Å². The van der Waals surface area contributed by atoms with E-state index in [-0.39, 0.29) is 0 Å². The van der Waals surface area contributed by atoms with Crippen LogP contribution in [0.25, 0.3) is 0 Å². The van der Waals surface area contributed by atoms with Crippen LogP contribution in [0.3, 0.4) is 0 Å². The van der Waals surface area contributed by atoms with Crippen LogP contribution in [-0.2, 0) is 0 Å². The van der Waals surface area contributed by atoms with Crippen molar-refractivity contribution in [3.63, 3.8) is 0 Å². The van der Waals surface area contributed by atoms with Gasteiger partial charge >= 0.3 is 0 Å². The molecule has 0 aliphatic heterocycles. The molecular formula is C14H29NS. The molecule has 0 spiro atoms. The molecule has 2 heteroatoms. The predicted octanol–water partition coefficient (Wildman–Crippen LogP) is 3.93. The molecule has 1 rings (SSSR count). The SMILES string of the molecule is CCCCSC1C(C)CC(C)CC1NCC. The topological polar surface area (TPSA) is 12.0 Å². The van der Waals surface area contributed by atoms with Crippen molar-refractivity contribution in [2.45, 2.75) is 64.7 Å². The Bertz CT molecular complexity index is 184. The van der Waals surface area contributed by atoms with Gasteiger partial charge in [-0.2, -0.15) is 11.8 Å². The molecule has 0 saturated heterocycles. The summed E-state index contributed by atoms with van der Waals surface area (Å²) in [5.74, 6) is 3.14. The predicted molar refractivity (Wildman–Crippen MR) is 76.2 cm³/mol. The van der Waals surface area contributed by atoms with Gasteiger partial charge in [0.2, 0.25) is 0 Å². The summed E-state index contributed by atoms with van der Waals surface area (Å²) < 4.78 is 0. The summed E-state index contributed by atoms with van der Waals surface area (Å²) in [6.45, 7) is 10.5. The molecule has 0 heterocycles. The van der Waals surface area contributed by atoms with Crippen molar-refractivity contribution in [3.8, 4) is 0 Å². The Labute approximate surface area is 106 Å². The van der Waals surface area contributed by atoms with Crippen LogP contribution in [-0.4, -0.2) is 23.6 Å². The Kier molecular flexibility index (Phi) is 6.83. The lowest BCUT2D eigenvalue weighted by Gasteiger charge is -2.39. The molecule has 0 bridgehead atoms. The van der Waals surface area contributed by atoms with Crippen LogP contribution < -0.4 is 5.32 Å². The van der Waals surface area contributed by atoms with Crippen molar-refractivity contribution in [3.05, 3.63) is 0 Å². The van der Waals surface area contributed by atoms with Gasteiger partial charge < -0.3 is 5.32 Å². The van der Waals surface area contributed by atoms with Crippen molar-refractivity contribution in [2.24, 2.45) is 11.8 Å². The second-order valence-electron chi connectivity index (χ2n) is 5.41. The van der Waals surface area contributed by atoms with Crippen molar-refractivity contribution < 1.29 is 0 Å². The average Bonchev–Trinajstić information content (AvgIpc) is 2.22. The molecule has 1 nitrogen and oxygen atoms in total. The number of unbranched alkanes of at least 4 members (excludes halogenated alkanes) is 1. The van der Waals surface area contributed by atoms with Gasteiger partial charge in [0.05, 0.1) is 0 Å². The number of hydrogen-bond acceptors (Lipinski definition) is 2. The molecule has 1 aliphatic rings. The molecule has 0 aromatic rings. The zero-order chi connectivity index (χ0) is 12.0. The zero-order valence-corrected chi connectivity index (χ0v) is 12.3. The molecule has 1 N–H and O–H groups in total. The summed E-state index contributed by atoms with van der Waals surface area (Å²) in [4.78, 5) is 0. The highest BCUT2D eigenvalue weighted by Crippen LogP contribution is 2.36. The fourth-order valence-corrected chi connectivity index (χ4v) is 4.54. The first-order valence-electron chi connectivity index (χ1n) is 7.04. The average molecular weight is 243 g/mol. The Balaban J connectivity index is 2.46. The Morgan fingerprint density at radius 2 is 1.94 bits per heavy atom. The third-order valence-corrected chi connectivity index (χ3v) is 5.36. The van der Waals surface area contributed by atoms with Crippen molar-refractivity contribution in [1.29, 1.82) is 0 Å². The summed E-state index contributed by atoms with van der Waals surface area (Å²) >= 11 is 2.22. The molecule has 4 atom stereocenters. The molecule has 4 unspecified atom stereocenters. The quantitative estimate of drug-likeness (QED) is 0.709. The smallest absolute Gasteiger partial charge is 0.0226 e. The highest BCUT2D eigenvalue weighted by Gasteiger charge is 2.33. The van der Waals surface area contributed by atoms with Gasteiger partial charge in [0.15, 0.2) is 0 Å². The molecular weight excluding hydrogens is 214 g/mol. The minimum atomic E-state index is 0.755. The maximum atomic E-state index is 3.70. The van der Waals surface area contributed by atoms with Crippen LogP contribution in [0.5, 0.6) is 0 Å². The van der Waals surface area contributed by atoms with Crippen molar-refractivity contribution >= 4 is 11.8 Å². The van der Waals surface area contributed by atoms with E-state index in [9.17, 15) is 0 Å². The summed E-state index contributed by atoms with van der Waals surface area (Å²) in [5, 5.41) is 4.55. The molecule has 0 radical (unpaired) electrons. The molecule has 0 amide bonds. The van der Waals surface area contributed by atoms with Crippen molar-refractivity contribution in [2.75, 3.05) is 12.3 Å². The minimum Gasteiger partial charge on any atom is -0.313 e. The minimum absolute atomic E-state index is 0.755. The van der Waals surface area contributed by atoms with E-state index >= 15 is 0 Å². The summed E-state index contributed by atoms with van der Waals surface area (Å²) in [7, 11) is 0. The molecule has 1 fully saturated rings. The van der Waals surface area contributed by atoms with E-state index in [2.05, 4.69) is 44.8 Å². The lowest BCUT2D eigenvalue weighted by atomic mass is 9.80. The third-order valence-electron chi connectivity index (χ3n) is 3.66. The molecule has 1 aliphatic carbocycles. The number of nitrogens with one attached hydrogen (secondary N) is 1. The van der Waals surface area contributed by atoms with E-state index in [1.165, 1.54) is 31.4 Å². The molecule has 1 saturated carbocycles.